The zero-order valence-corrected chi connectivity index (χ0v) is 19.7. The maximum atomic E-state index is 13.1. The van der Waals surface area contributed by atoms with E-state index in [4.69, 9.17) is 4.74 Å². The number of aromatic nitrogens is 2. The molecule has 2 aliphatic rings. The molecule has 1 aromatic carbocycles. The molecule has 0 aliphatic carbocycles. The van der Waals surface area contributed by atoms with Gasteiger partial charge in [-0.15, -0.1) is 0 Å². The van der Waals surface area contributed by atoms with Crippen LogP contribution in [0.2, 0.25) is 0 Å². The Labute approximate surface area is 190 Å². The van der Waals surface area contributed by atoms with Gasteiger partial charge in [0.25, 0.3) is 0 Å². The number of carbonyl (C=O) groups excluding carboxylic acids is 1. The largest absolute Gasteiger partial charge is 0.465 e. The molecule has 2 saturated heterocycles. The summed E-state index contributed by atoms with van der Waals surface area (Å²) in [5, 5.41) is 0. The number of hydrogen-bond donors (Lipinski definition) is 0. The van der Waals surface area contributed by atoms with Gasteiger partial charge in [-0.05, 0) is 43.2 Å². The Kier molecular flexibility index (Phi) is 6.59. The van der Waals surface area contributed by atoms with Crippen LogP contribution >= 0.6 is 15.9 Å². The van der Waals surface area contributed by atoms with Crippen molar-refractivity contribution in [3.63, 3.8) is 0 Å². The lowest BCUT2D eigenvalue weighted by atomic mass is 10.2. The Bertz CT molecular complexity index is 1050. The van der Waals surface area contributed by atoms with Gasteiger partial charge in [-0.2, -0.15) is 4.31 Å². The number of piperazine rings is 1. The van der Waals surface area contributed by atoms with Crippen molar-refractivity contribution in [2.75, 3.05) is 24.6 Å². The molecule has 2 aliphatic heterocycles. The summed E-state index contributed by atoms with van der Waals surface area (Å²) in [4.78, 5) is 22.9. The number of benzene rings is 1. The number of anilines is 1. The first kappa shape index (κ1) is 22.2. The fraction of sp³-hybridized carbons (Fsp3) is 0.476. The van der Waals surface area contributed by atoms with Crippen molar-refractivity contribution in [3.8, 4) is 0 Å². The van der Waals surface area contributed by atoms with Crippen molar-refractivity contribution in [3.05, 3.63) is 46.8 Å². The summed E-state index contributed by atoms with van der Waals surface area (Å²) in [7, 11) is -3.52. The Hall–Kier alpha value is -2.04. The Morgan fingerprint density at radius 3 is 2.65 bits per heavy atom. The molecule has 31 heavy (non-hydrogen) atoms. The van der Waals surface area contributed by atoms with Crippen LogP contribution in [-0.4, -0.2) is 60.4 Å². The number of halogens is 1. The Morgan fingerprint density at radius 2 is 1.97 bits per heavy atom. The van der Waals surface area contributed by atoms with Crippen LogP contribution in [0.15, 0.2) is 45.9 Å². The van der Waals surface area contributed by atoms with Crippen molar-refractivity contribution in [2.45, 2.75) is 49.6 Å². The van der Waals surface area contributed by atoms with Crippen molar-refractivity contribution < 1.29 is 17.9 Å². The fourth-order valence-electron chi connectivity index (χ4n) is 4.15. The number of rotatable bonds is 8. The normalized spacial score (nSPS) is 20.9. The van der Waals surface area contributed by atoms with E-state index >= 15 is 0 Å². The van der Waals surface area contributed by atoms with Crippen molar-refractivity contribution >= 4 is 37.7 Å². The second-order valence-electron chi connectivity index (χ2n) is 7.78. The Morgan fingerprint density at radius 1 is 1.19 bits per heavy atom. The second kappa shape index (κ2) is 9.22. The monoisotopic (exact) mass is 508 g/mol. The van der Waals surface area contributed by atoms with Gasteiger partial charge in [-0.1, -0.05) is 22.9 Å². The van der Waals surface area contributed by atoms with E-state index in [9.17, 15) is 13.2 Å². The summed E-state index contributed by atoms with van der Waals surface area (Å²) in [5.74, 6) is 1.20. The van der Waals surface area contributed by atoms with Gasteiger partial charge < -0.3 is 9.64 Å². The maximum absolute atomic E-state index is 13.1. The highest BCUT2D eigenvalue weighted by atomic mass is 79.9. The van der Waals surface area contributed by atoms with E-state index in [-0.39, 0.29) is 24.7 Å². The van der Waals surface area contributed by atoms with Gasteiger partial charge in [0, 0.05) is 48.7 Å². The number of esters is 1. The van der Waals surface area contributed by atoms with Crippen LogP contribution < -0.4 is 4.90 Å². The summed E-state index contributed by atoms with van der Waals surface area (Å²) >= 11 is 3.35. The lowest BCUT2D eigenvalue weighted by molar-refractivity contribution is -0.143. The molecular weight excluding hydrogens is 484 g/mol. The van der Waals surface area contributed by atoms with Gasteiger partial charge in [0.15, 0.2) is 0 Å². The molecule has 0 N–H and O–H groups in total. The second-order valence-corrected chi connectivity index (χ2v) is 10.6. The molecule has 0 amide bonds. The average Bonchev–Trinajstić information content (AvgIpc) is 3.36. The molecule has 0 saturated carbocycles. The van der Waals surface area contributed by atoms with Crippen LogP contribution in [0.25, 0.3) is 0 Å². The lowest BCUT2D eigenvalue weighted by Crippen LogP contribution is -2.49. The zero-order chi connectivity index (χ0) is 22.0. The third-order valence-corrected chi connectivity index (χ3v) is 8.10. The van der Waals surface area contributed by atoms with Crippen LogP contribution in [0.3, 0.4) is 0 Å². The molecule has 0 spiro atoms. The van der Waals surface area contributed by atoms with Crippen LogP contribution in [0.4, 0.5) is 5.82 Å². The lowest BCUT2D eigenvalue weighted by Gasteiger charge is -2.34. The number of carbonyl (C=O) groups is 1. The molecule has 8 nitrogen and oxygen atoms in total. The van der Waals surface area contributed by atoms with Crippen LogP contribution in [0.5, 0.6) is 0 Å². The standard InChI is InChI=1S/C21H25BrN4O4S/c1-2-3-21(27)30-11-9-19-23-10-8-20(24-19)25-13-17-12-16(25)14-26(17)31(28,29)18-6-4-15(22)5-7-18/h4-8,10,16-17H,2-3,9,11-14H2,1H3/t16?,17-/m1/s1. The first-order chi connectivity index (χ1) is 14.9. The minimum absolute atomic E-state index is 0.0768. The van der Waals surface area contributed by atoms with E-state index in [1.54, 1.807) is 34.8 Å². The quantitative estimate of drug-likeness (QED) is 0.506. The van der Waals surface area contributed by atoms with Crippen LogP contribution in [-0.2, 0) is 26.0 Å². The van der Waals surface area contributed by atoms with E-state index in [0.29, 0.717) is 36.7 Å². The van der Waals surface area contributed by atoms with E-state index < -0.39 is 10.0 Å². The van der Waals surface area contributed by atoms with Crippen LogP contribution in [0, 0.1) is 0 Å². The molecule has 0 radical (unpaired) electrons. The van der Waals surface area contributed by atoms with E-state index in [2.05, 4.69) is 30.8 Å². The van der Waals surface area contributed by atoms with Gasteiger partial charge in [0.05, 0.1) is 11.5 Å². The number of nitrogens with zero attached hydrogens (tertiary/aromatic N) is 4. The summed E-state index contributed by atoms with van der Waals surface area (Å²) in [5.41, 5.74) is 0. The molecule has 2 atom stereocenters. The summed E-state index contributed by atoms with van der Waals surface area (Å²) in [6.07, 6.45) is 4.11. The highest BCUT2D eigenvalue weighted by molar-refractivity contribution is 9.10. The van der Waals surface area contributed by atoms with E-state index in [1.807, 2.05) is 13.0 Å². The van der Waals surface area contributed by atoms with Crippen molar-refractivity contribution in [2.24, 2.45) is 0 Å². The molecular formula is C21H25BrN4O4S. The molecule has 1 unspecified atom stereocenters. The van der Waals surface area contributed by atoms with Gasteiger partial charge in [-0.25, -0.2) is 18.4 Å². The Balaban J connectivity index is 1.40. The maximum Gasteiger partial charge on any atom is 0.305 e. The smallest absolute Gasteiger partial charge is 0.305 e. The van der Waals surface area contributed by atoms with Gasteiger partial charge in [0.2, 0.25) is 10.0 Å². The molecule has 3 heterocycles. The molecule has 2 aromatic rings. The summed E-state index contributed by atoms with van der Waals surface area (Å²) in [6, 6.07) is 8.61. The molecule has 10 heteroatoms. The molecule has 2 bridgehead atoms. The van der Waals surface area contributed by atoms with E-state index in [1.165, 1.54) is 0 Å². The summed E-state index contributed by atoms with van der Waals surface area (Å²) < 4.78 is 33.8. The van der Waals surface area contributed by atoms with Crippen molar-refractivity contribution in [1.82, 2.24) is 14.3 Å². The number of sulfonamides is 1. The van der Waals surface area contributed by atoms with Gasteiger partial charge in [-0.3, -0.25) is 4.79 Å². The van der Waals surface area contributed by atoms with Gasteiger partial charge in [0.1, 0.15) is 11.6 Å². The average molecular weight is 509 g/mol. The number of hydrogen-bond acceptors (Lipinski definition) is 7. The molecule has 166 valence electrons. The summed E-state index contributed by atoms with van der Waals surface area (Å²) in [6.45, 7) is 3.23. The number of fused-ring (bicyclic) bond motifs is 2. The minimum Gasteiger partial charge on any atom is -0.465 e. The topological polar surface area (TPSA) is 92.7 Å². The molecule has 1 aromatic heterocycles. The SMILES string of the molecule is CCCC(=O)OCCc1nccc(N2C[C@H]3CC2CN3S(=O)(=O)c2ccc(Br)cc2)n1. The van der Waals surface area contributed by atoms with E-state index in [0.717, 1.165) is 23.1 Å². The first-order valence-corrected chi connectivity index (χ1v) is 12.6. The molecule has 4 rings (SSSR count). The third kappa shape index (κ3) is 4.75. The zero-order valence-electron chi connectivity index (χ0n) is 17.3. The first-order valence-electron chi connectivity index (χ1n) is 10.4. The van der Waals surface area contributed by atoms with Crippen molar-refractivity contribution in [1.29, 1.82) is 0 Å². The third-order valence-electron chi connectivity index (χ3n) is 5.64. The predicted molar refractivity (Wildman–Crippen MR) is 119 cm³/mol. The highest BCUT2D eigenvalue weighted by Gasteiger charge is 2.48. The minimum atomic E-state index is -3.52. The predicted octanol–water partition coefficient (Wildman–Crippen LogP) is 2.78. The fourth-order valence-corrected chi connectivity index (χ4v) is 6.08. The van der Waals surface area contributed by atoms with Gasteiger partial charge >= 0.3 is 5.97 Å². The number of ether oxygens (including phenoxy) is 1. The molecule has 2 fully saturated rings. The highest BCUT2D eigenvalue weighted by Crippen LogP contribution is 2.37. The van der Waals surface area contributed by atoms with Crippen LogP contribution in [0.1, 0.15) is 32.0 Å².